The molecule has 7 nitrogen and oxygen atoms in total. The van der Waals surface area contributed by atoms with Gasteiger partial charge in [-0.05, 0) is 48.0 Å². The zero-order chi connectivity index (χ0) is 26.1. The Labute approximate surface area is 209 Å². The van der Waals surface area contributed by atoms with Crippen molar-refractivity contribution in [2.45, 2.75) is 0 Å². The molecule has 0 amide bonds. The highest BCUT2D eigenvalue weighted by atomic mass is 19.1. The molecule has 0 fully saturated rings. The maximum Gasteiger partial charge on any atom is 0.203 e. The molecule has 0 heterocycles. The van der Waals surface area contributed by atoms with Crippen molar-refractivity contribution < 1.29 is 32.9 Å². The molecular weight excluding hydrogens is 465 g/mol. The Bertz CT molecular complexity index is 1240. The first kappa shape index (κ1) is 26.2. The van der Waals surface area contributed by atoms with Gasteiger partial charge < -0.3 is 29.0 Å². The number of hydrogen-bond acceptors (Lipinski definition) is 7. The number of carbonyl (C=O) groups is 1. The fourth-order valence-corrected chi connectivity index (χ4v) is 3.46. The highest BCUT2D eigenvalue weighted by molar-refractivity contribution is 6.04. The smallest absolute Gasteiger partial charge is 0.203 e. The zero-order valence-electron chi connectivity index (χ0n) is 20.8. The SMILES string of the molecule is COc1cc(C=Cc2cc(OC)c(OC)c(OC)c2)c(NC=CC(=O)c2ccc(F)cc2)cc1OC. The topological polar surface area (TPSA) is 75.3 Å². The third-order valence-corrected chi connectivity index (χ3v) is 5.30. The third-order valence-electron chi connectivity index (χ3n) is 5.30. The van der Waals surface area contributed by atoms with Crippen molar-refractivity contribution in [1.82, 2.24) is 0 Å². The number of methoxy groups -OCH3 is 5. The Kier molecular flexibility index (Phi) is 8.94. The monoisotopic (exact) mass is 493 g/mol. The Morgan fingerprint density at radius 3 is 1.89 bits per heavy atom. The first-order chi connectivity index (χ1) is 17.4. The Morgan fingerprint density at radius 2 is 1.33 bits per heavy atom. The van der Waals surface area contributed by atoms with Crippen molar-refractivity contribution in [2.24, 2.45) is 0 Å². The van der Waals surface area contributed by atoms with Crippen LogP contribution >= 0.6 is 0 Å². The number of benzene rings is 3. The van der Waals surface area contributed by atoms with E-state index in [9.17, 15) is 9.18 Å². The quantitative estimate of drug-likeness (QED) is 0.204. The van der Waals surface area contributed by atoms with Gasteiger partial charge in [0.25, 0.3) is 0 Å². The summed E-state index contributed by atoms with van der Waals surface area (Å²) in [6.45, 7) is 0. The van der Waals surface area contributed by atoms with E-state index in [0.717, 1.165) is 11.1 Å². The average Bonchev–Trinajstić information content (AvgIpc) is 2.91. The van der Waals surface area contributed by atoms with Gasteiger partial charge in [0.15, 0.2) is 28.8 Å². The van der Waals surface area contributed by atoms with Crippen LogP contribution in [-0.4, -0.2) is 41.3 Å². The van der Waals surface area contributed by atoms with Crippen molar-refractivity contribution >= 4 is 23.6 Å². The molecule has 3 aromatic carbocycles. The molecule has 8 heteroatoms. The summed E-state index contributed by atoms with van der Waals surface area (Å²) in [5.41, 5.74) is 2.62. The van der Waals surface area contributed by atoms with Gasteiger partial charge in [-0.2, -0.15) is 0 Å². The van der Waals surface area contributed by atoms with Crippen molar-refractivity contribution in [1.29, 1.82) is 0 Å². The average molecular weight is 494 g/mol. The van der Waals surface area contributed by atoms with Crippen LogP contribution in [0, 0.1) is 5.82 Å². The number of nitrogens with one attached hydrogen (secondary N) is 1. The molecule has 0 saturated heterocycles. The second-order valence-corrected chi connectivity index (χ2v) is 7.44. The Morgan fingerprint density at radius 1 is 0.750 bits per heavy atom. The normalized spacial score (nSPS) is 10.9. The van der Waals surface area contributed by atoms with Gasteiger partial charge >= 0.3 is 0 Å². The molecule has 0 spiro atoms. The maximum absolute atomic E-state index is 13.1. The lowest BCUT2D eigenvalue weighted by atomic mass is 10.1. The number of carbonyl (C=O) groups excluding carboxylic acids is 1. The van der Waals surface area contributed by atoms with Gasteiger partial charge in [-0.15, -0.1) is 0 Å². The minimum absolute atomic E-state index is 0.266. The van der Waals surface area contributed by atoms with Crippen LogP contribution in [0.5, 0.6) is 28.7 Å². The molecule has 3 rings (SSSR count). The predicted molar refractivity (Wildman–Crippen MR) is 138 cm³/mol. The summed E-state index contributed by atoms with van der Waals surface area (Å²) < 4.78 is 40.3. The zero-order valence-corrected chi connectivity index (χ0v) is 20.8. The minimum Gasteiger partial charge on any atom is -0.493 e. The number of allylic oxidation sites excluding steroid dienone is 1. The van der Waals surface area contributed by atoms with Gasteiger partial charge in [0.2, 0.25) is 5.75 Å². The van der Waals surface area contributed by atoms with Gasteiger partial charge in [0.05, 0.1) is 35.5 Å². The number of halogens is 1. The van der Waals surface area contributed by atoms with Crippen molar-refractivity contribution in [2.75, 3.05) is 40.9 Å². The summed E-state index contributed by atoms with van der Waals surface area (Å²) in [5.74, 6) is 1.96. The van der Waals surface area contributed by atoms with E-state index in [-0.39, 0.29) is 5.78 Å². The summed E-state index contributed by atoms with van der Waals surface area (Å²) in [6, 6.07) is 12.6. The van der Waals surface area contributed by atoms with Crippen LogP contribution in [0.1, 0.15) is 21.5 Å². The molecule has 0 unspecified atom stereocenters. The molecule has 0 aliphatic rings. The van der Waals surface area contributed by atoms with Crippen molar-refractivity contribution in [3.8, 4) is 28.7 Å². The lowest BCUT2D eigenvalue weighted by Crippen LogP contribution is -1.99. The van der Waals surface area contributed by atoms with Gasteiger partial charge in [-0.3, -0.25) is 4.79 Å². The fourth-order valence-electron chi connectivity index (χ4n) is 3.46. The molecule has 3 aromatic rings. The summed E-state index contributed by atoms with van der Waals surface area (Å²) in [4.78, 5) is 12.4. The number of hydrogen-bond donors (Lipinski definition) is 1. The second-order valence-electron chi connectivity index (χ2n) is 7.44. The van der Waals surface area contributed by atoms with Crippen LogP contribution in [-0.2, 0) is 0 Å². The van der Waals surface area contributed by atoms with E-state index in [1.807, 2.05) is 30.4 Å². The summed E-state index contributed by atoms with van der Waals surface area (Å²) in [7, 11) is 7.76. The van der Waals surface area contributed by atoms with E-state index >= 15 is 0 Å². The van der Waals surface area contributed by atoms with Gasteiger partial charge in [0, 0.05) is 35.2 Å². The van der Waals surface area contributed by atoms with Crippen LogP contribution in [0.25, 0.3) is 12.2 Å². The lowest BCUT2D eigenvalue weighted by molar-refractivity contribution is 0.104. The van der Waals surface area contributed by atoms with Crippen LogP contribution in [0.2, 0.25) is 0 Å². The highest BCUT2D eigenvalue weighted by Crippen LogP contribution is 2.39. The van der Waals surface area contributed by atoms with Crippen LogP contribution < -0.4 is 29.0 Å². The Hall–Kier alpha value is -4.46. The third kappa shape index (κ3) is 6.15. The standard InChI is InChI=1S/C28H28FNO6/c1-32-24-16-20(7-6-18-14-26(34-3)28(36-5)27(15-18)35-4)22(17-25(24)33-2)30-13-12-23(31)19-8-10-21(29)11-9-19/h6-17,30H,1-5H3. The van der Waals surface area contributed by atoms with Gasteiger partial charge in [-0.1, -0.05) is 12.2 Å². The Balaban J connectivity index is 1.93. The van der Waals surface area contributed by atoms with E-state index < -0.39 is 5.82 Å². The number of anilines is 1. The first-order valence-corrected chi connectivity index (χ1v) is 10.9. The van der Waals surface area contributed by atoms with Crippen LogP contribution in [0.15, 0.2) is 60.8 Å². The second kappa shape index (κ2) is 12.3. The van der Waals surface area contributed by atoms with E-state index in [2.05, 4.69) is 5.32 Å². The largest absolute Gasteiger partial charge is 0.493 e. The summed E-state index contributed by atoms with van der Waals surface area (Å²) >= 11 is 0. The molecule has 36 heavy (non-hydrogen) atoms. The molecule has 0 saturated carbocycles. The number of ketones is 1. The lowest BCUT2D eigenvalue weighted by Gasteiger charge is -2.14. The maximum atomic E-state index is 13.1. The van der Waals surface area contributed by atoms with E-state index in [1.165, 1.54) is 36.5 Å². The highest BCUT2D eigenvalue weighted by Gasteiger charge is 2.13. The first-order valence-electron chi connectivity index (χ1n) is 10.9. The van der Waals surface area contributed by atoms with Gasteiger partial charge in [-0.25, -0.2) is 4.39 Å². The molecule has 0 aliphatic heterocycles. The van der Waals surface area contributed by atoms with E-state index in [1.54, 1.807) is 41.6 Å². The molecule has 1 N–H and O–H groups in total. The molecule has 0 bridgehead atoms. The molecular formula is C28H28FNO6. The van der Waals surface area contributed by atoms with Crippen molar-refractivity contribution in [3.63, 3.8) is 0 Å². The molecule has 188 valence electrons. The van der Waals surface area contributed by atoms with Crippen molar-refractivity contribution in [3.05, 3.63) is 83.3 Å². The molecule has 0 aromatic heterocycles. The van der Waals surface area contributed by atoms with E-state index in [4.69, 9.17) is 23.7 Å². The molecule has 0 radical (unpaired) electrons. The molecule has 0 atom stereocenters. The van der Waals surface area contributed by atoms with E-state index in [0.29, 0.717) is 40.0 Å². The van der Waals surface area contributed by atoms with Crippen LogP contribution in [0.4, 0.5) is 10.1 Å². The van der Waals surface area contributed by atoms with Crippen LogP contribution in [0.3, 0.4) is 0 Å². The predicted octanol–water partition coefficient (Wildman–Crippen LogP) is 5.85. The summed E-state index contributed by atoms with van der Waals surface area (Å²) in [5, 5.41) is 3.12. The molecule has 0 aliphatic carbocycles. The summed E-state index contributed by atoms with van der Waals surface area (Å²) in [6.07, 6.45) is 6.64. The fraction of sp³-hybridized carbons (Fsp3) is 0.179. The number of rotatable bonds is 11. The number of ether oxygens (including phenoxy) is 5. The minimum atomic E-state index is -0.400. The van der Waals surface area contributed by atoms with Gasteiger partial charge in [0.1, 0.15) is 5.82 Å².